The number of benzene rings is 1. The first-order valence-electron chi connectivity index (χ1n) is 6.65. The van der Waals surface area contributed by atoms with Gasteiger partial charge in [-0.2, -0.15) is 0 Å². The third-order valence-corrected chi connectivity index (χ3v) is 5.15. The summed E-state index contributed by atoms with van der Waals surface area (Å²) in [5, 5.41) is 3.29. The molecule has 4 N–H and O–H groups in total. The van der Waals surface area contributed by atoms with E-state index in [-0.39, 0.29) is 16.0 Å². The van der Waals surface area contributed by atoms with E-state index in [0.29, 0.717) is 5.92 Å². The maximum absolute atomic E-state index is 11.7. The van der Waals surface area contributed by atoms with Gasteiger partial charge in [-0.1, -0.05) is 27.7 Å². The van der Waals surface area contributed by atoms with Gasteiger partial charge in [-0.25, -0.2) is 13.1 Å². The van der Waals surface area contributed by atoms with Crippen molar-refractivity contribution in [1.82, 2.24) is 4.72 Å². The smallest absolute Gasteiger partial charge is 0.242 e. The Morgan fingerprint density at radius 2 is 1.90 bits per heavy atom. The van der Waals surface area contributed by atoms with Crippen molar-refractivity contribution in [3.63, 3.8) is 0 Å². The first-order chi connectivity index (χ1) is 9.08. The number of hydrogen-bond acceptors (Lipinski definition) is 4. The fourth-order valence-corrected chi connectivity index (χ4v) is 2.43. The Morgan fingerprint density at radius 1 is 1.30 bits per heavy atom. The van der Waals surface area contributed by atoms with Crippen LogP contribution < -0.4 is 15.8 Å². The van der Waals surface area contributed by atoms with Crippen molar-refractivity contribution >= 4 is 21.4 Å². The van der Waals surface area contributed by atoms with Gasteiger partial charge in [-0.15, -0.1) is 0 Å². The summed E-state index contributed by atoms with van der Waals surface area (Å²) in [6.45, 7) is 9.56. The van der Waals surface area contributed by atoms with Gasteiger partial charge in [0.15, 0.2) is 0 Å². The molecular formula is C14H25N3O2S. The fraction of sp³-hybridized carbons (Fsp3) is 0.571. The SMILES string of the molecule is CNS(=O)(=O)c1ccc(NCC(C)C(C)(C)C)cc1N. The highest BCUT2D eigenvalue weighted by Crippen LogP contribution is 2.27. The third kappa shape index (κ3) is 4.11. The first kappa shape index (κ1) is 16.8. The summed E-state index contributed by atoms with van der Waals surface area (Å²) in [6, 6.07) is 4.90. The molecule has 0 bridgehead atoms. The second kappa shape index (κ2) is 6.01. The van der Waals surface area contributed by atoms with Crippen molar-refractivity contribution in [2.24, 2.45) is 11.3 Å². The van der Waals surface area contributed by atoms with Crippen molar-refractivity contribution in [2.75, 3.05) is 24.6 Å². The molecule has 20 heavy (non-hydrogen) atoms. The first-order valence-corrected chi connectivity index (χ1v) is 8.13. The molecule has 6 heteroatoms. The Kier molecular flexibility index (Phi) is 5.05. The van der Waals surface area contributed by atoms with E-state index in [1.807, 2.05) is 0 Å². The zero-order valence-corrected chi connectivity index (χ0v) is 13.6. The topological polar surface area (TPSA) is 84.2 Å². The highest BCUT2D eigenvalue weighted by molar-refractivity contribution is 7.89. The highest BCUT2D eigenvalue weighted by Gasteiger charge is 2.20. The summed E-state index contributed by atoms with van der Waals surface area (Å²) < 4.78 is 25.7. The van der Waals surface area contributed by atoms with Crippen LogP contribution >= 0.6 is 0 Å². The molecule has 0 fully saturated rings. The average Bonchev–Trinajstić information content (AvgIpc) is 2.34. The number of anilines is 2. The lowest BCUT2D eigenvalue weighted by Crippen LogP contribution is -2.25. The van der Waals surface area contributed by atoms with Crippen LogP contribution in [-0.2, 0) is 10.0 Å². The normalized spacial score (nSPS) is 14.1. The lowest BCUT2D eigenvalue weighted by Gasteiger charge is -2.27. The predicted molar refractivity (Wildman–Crippen MR) is 84.2 cm³/mol. The zero-order chi connectivity index (χ0) is 15.6. The second-order valence-corrected chi connectivity index (χ2v) is 7.96. The third-order valence-electron chi connectivity index (χ3n) is 3.66. The van der Waals surface area contributed by atoms with Crippen LogP contribution in [0.1, 0.15) is 27.7 Å². The van der Waals surface area contributed by atoms with Crippen molar-refractivity contribution in [3.05, 3.63) is 18.2 Å². The lowest BCUT2D eigenvalue weighted by molar-refractivity contribution is 0.274. The zero-order valence-electron chi connectivity index (χ0n) is 12.8. The monoisotopic (exact) mass is 299 g/mol. The molecule has 1 aromatic rings. The molecule has 0 aliphatic carbocycles. The summed E-state index contributed by atoms with van der Waals surface area (Å²) in [5.74, 6) is 0.476. The van der Waals surface area contributed by atoms with Crippen molar-refractivity contribution in [1.29, 1.82) is 0 Å². The van der Waals surface area contributed by atoms with Crippen LogP contribution in [0.4, 0.5) is 11.4 Å². The lowest BCUT2D eigenvalue weighted by atomic mass is 9.82. The highest BCUT2D eigenvalue weighted by atomic mass is 32.2. The largest absolute Gasteiger partial charge is 0.398 e. The summed E-state index contributed by atoms with van der Waals surface area (Å²) in [7, 11) is -2.14. The summed E-state index contributed by atoms with van der Waals surface area (Å²) in [6.07, 6.45) is 0. The van der Waals surface area contributed by atoms with Gasteiger partial charge < -0.3 is 11.1 Å². The number of sulfonamides is 1. The van der Waals surface area contributed by atoms with E-state index < -0.39 is 10.0 Å². The molecule has 114 valence electrons. The van der Waals surface area contributed by atoms with Gasteiger partial charge >= 0.3 is 0 Å². The van der Waals surface area contributed by atoms with Crippen LogP contribution in [0.5, 0.6) is 0 Å². The van der Waals surface area contributed by atoms with Gasteiger partial charge in [0.1, 0.15) is 4.90 Å². The Morgan fingerprint density at radius 3 is 2.35 bits per heavy atom. The summed E-state index contributed by atoms with van der Waals surface area (Å²) >= 11 is 0. The van der Waals surface area contributed by atoms with Crippen molar-refractivity contribution in [2.45, 2.75) is 32.6 Å². The molecule has 1 aromatic carbocycles. The van der Waals surface area contributed by atoms with Gasteiger partial charge in [0.2, 0.25) is 10.0 Å². The Balaban J connectivity index is 2.84. The van der Waals surface area contributed by atoms with Crippen molar-refractivity contribution in [3.8, 4) is 0 Å². The van der Waals surface area contributed by atoms with Gasteiger partial charge in [-0.05, 0) is 36.6 Å². The van der Waals surface area contributed by atoms with E-state index in [1.54, 1.807) is 12.1 Å². The summed E-state index contributed by atoms with van der Waals surface area (Å²) in [5.41, 5.74) is 7.10. The van der Waals surface area contributed by atoms with Crippen LogP contribution in [0.3, 0.4) is 0 Å². The number of nitrogen functional groups attached to an aromatic ring is 1. The van der Waals surface area contributed by atoms with Crippen LogP contribution in [0.2, 0.25) is 0 Å². The predicted octanol–water partition coefficient (Wildman–Crippen LogP) is 2.27. The van der Waals surface area contributed by atoms with Crippen molar-refractivity contribution < 1.29 is 8.42 Å². The maximum Gasteiger partial charge on any atom is 0.242 e. The van der Waals surface area contributed by atoms with E-state index in [1.165, 1.54) is 13.1 Å². The quantitative estimate of drug-likeness (QED) is 0.728. The van der Waals surface area contributed by atoms with Gasteiger partial charge in [0.25, 0.3) is 0 Å². The number of nitrogens with one attached hydrogen (secondary N) is 2. The molecule has 0 aliphatic rings. The molecule has 0 heterocycles. The summed E-state index contributed by atoms with van der Waals surface area (Å²) in [4.78, 5) is 0.106. The van der Waals surface area contributed by atoms with Crippen LogP contribution in [0, 0.1) is 11.3 Å². The van der Waals surface area contributed by atoms with E-state index in [2.05, 4.69) is 37.7 Å². The minimum absolute atomic E-state index is 0.106. The standard InChI is InChI=1S/C14H25N3O2S/c1-10(14(2,3)4)9-17-11-6-7-13(12(15)8-11)20(18,19)16-5/h6-8,10,16-17H,9,15H2,1-5H3. The molecule has 1 rings (SSSR count). The Bertz CT molecular complexity index is 562. The minimum Gasteiger partial charge on any atom is -0.398 e. The van der Waals surface area contributed by atoms with Crippen LogP contribution in [0.15, 0.2) is 23.1 Å². The second-order valence-electron chi connectivity index (χ2n) is 6.11. The Hall–Kier alpha value is -1.27. The van der Waals surface area contributed by atoms with E-state index in [4.69, 9.17) is 5.73 Å². The van der Waals surface area contributed by atoms with Crippen LogP contribution in [0.25, 0.3) is 0 Å². The van der Waals surface area contributed by atoms with Crippen LogP contribution in [-0.4, -0.2) is 22.0 Å². The molecule has 1 unspecified atom stereocenters. The molecule has 0 aliphatic heterocycles. The average molecular weight is 299 g/mol. The van der Waals surface area contributed by atoms with Gasteiger partial charge in [-0.3, -0.25) is 0 Å². The maximum atomic E-state index is 11.7. The van der Waals surface area contributed by atoms with Gasteiger partial charge in [0.05, 0.1) is 5.69 Å². The number of nitrogens with two attached hydrogens (primary N) is 1. The molecule has 1 atom stereocenters. The molecule has 0 spiro atoms. The number of hydrogen-bond donors (Lipinski definition) is 3. The van der Waals surface area contributed by atoms with Gasteiger partial charge in [0, 0.05) is 12.2 Å². The fourth-order valence-electron chi connectivity index (χ4n) is 1.59. The molecule has 0 radical (unpaired) electrons. The molecule has 0 saturated heterocycles. The number of rotatable bonds is 5. The minimum atomic E-state index is -3.50. The molecule has 0 saturated carbocycles. The molecule has 5 nitrogen and oxygen atoms in total. The Labute approximate surface area is 122 Å². The van der Waals surface area contributed by atoms with E-state index in [0.717, 1.165) is 12.2 Å². The molecule has 0 aromatic heterocycles. The van der Waals surface area contributed by atoms with E-state index >= 15 is 0 Å². The molecular weight excluding hydrogens is 274 g/mol. The van der Waals surface area contributed by atoms with E-state index in [9.17, 15) is 8.42 Å². The molecule has 0 amide bonds.